The van der Waals surface area contributed by atoms with E-state index >= 15 is 0 Å². The van der Waals surface area contributed by atoms with E-state index in [4.69, 9.17) is 4.98 Å². The van der Waals surface area contributed by atoms with E-state index in [-0.39, 0.29) is 5.91 Å². The molecule has 1 amide bonds. The Morgan fingerprint density at radius 3 is 2.73 bits per heavy atom. The first-order valence-electron chi connectivity index (χ1n) is 9.80. The first-order chi connectivity index (χ1) is 14.4. The predicted octanol–water partition coefficient (Wildman–Crippen LogP) is 4.03. The number of pyridine rings is 1. The van der Waals surface area contributed by atoms with Gasteiger partial charge in [0.25, 0.3) is 5.91 Å². The number of hydrogen-bond acceptors (Lipinski definition) is 4. The maximum atomic E-state index is 13.0. The highest BCUT2D eigenvalue weighted by atomic mass is 79.9. The molecule has 3 heterocycles. The molecule has 154 valence electrons. The van der Waals surface area contributed by atoms with Gasteiger partial charge in [0.2, 0.25) is 0 Å². The molecule has 1 aromatic carbocycles. The number of amides is 1. The molecule has 30 heavy (non-hydrogen) atoms. The van der Waals surface area contributed by atoms with E-state index in [1.807, 2.05) is 62.1 Å². The Kier molecular flexibility index (Phi) is 5.67. The van der Waals surface area contributed by atoms with Crippen LogP contribution >= 0.6 is 15.9 Å². The van der Waals surface area contributed by atoms with Crippen LogP contribution in [0.1, 0.15) is 28.2 Å². The number of carbonyl (C=O) groups excluding carboxylic acids is 1. The van der Waals surface area contributed by atoms with Crippen molar-refractivity contribution in [3.8, 4) is 11.3 Å². The summed E-state index contributed by atoms with van der Waals surface area (Å²) in [7, 11) is 1.86. The summed E-state index contributed by atoms with van der Waals surface area (Å²) in [5.74, 6) is -0.103. The van der Waals surface area contributed by atoms with Gasteiger partial charge in [0, 0.05) is 43.0 Å². The second-order valence-electron chi connectivity index (χ2n) is 7.29. The fraction of sp³-hybridized carbons (Fsp3) is 0.273. The number of para-hydroxylation sites is 1. The van der Waals surface area contributed by atoms with Crippen molar-refractivity contribution in [1.29, 1.82) is 0 Å². The van der Waals surface area contributed by atoms with Crippen molar-refractivity contribution >= 4 is 32.7 Å². The zero-order valence-electron chi connectivity index (χ0n) is 17.2. The second kappa shape index (κ2) is 8.39. The van der Waals surface area contributed by atoms with E-state index in [0.717, 1.165) is 51.0 Å². The van der Waals surface area contributed by atoms with Gasteiger partial charge in [-0.1, -0.05) is 18.2 Å². The maximum absolute atomic E-state index is 13.0. The molecule has 0 spiro atoms. The third kappa shape index (κ3) is 4.00. The van der Waals surface area contributed by atoms with Crippen molar-refractivity contribution in [2.45, 2.75) is 26.8 Å². The molecule has 3 aromatic heterocycles. The summed E-state index contributed by atoms with van der Waals surface area (Å²) in [5, 5.41) is 12.6. The highest BCUT2D eigenvalue weighted by Crippen LogP contribution is 2.24. The van der Waals surface area contributed by atoms with Crippen molar-refractivity contribution in [2.75, 3.05) is 6.54 Å². The van der Waals surface area contributed by atoms with Crippen molar-refractivity contribution in [2.24, 2.45) is 7.05 Å². The largest absolute Gasteiger partial charge is 0.352 e. The molecule has 0 aliphatic carbocycles. The first kappa shape index (κ1) is 20.3. The van der Waals surface area contributed by atoms with E-state index in [9.17, 15) is 4.79 Å². The molecule has 0 saturated heterocycles. The number of nitrogens with one attached hydrogen (secondary N) is 1. The zero-order chi connectivity index (χ0) is 21.3. The highest BCUT2D eigenvalue weighted by molar-refractivity contribution is 9.10. The summed E-state index contributed by atoms with van der Waals surface area (Å²) in [5.41, 5.74) is 5.10. The van der Waals surface area contributed by atoms with Gasteiger partial charge < -0.3 is 5.32 Å². The zero-order valence-corrected chi connectivity index (χ0v) is 18.8. The van der Waals surface area contributed by atoms with Crippen molar-refractivity contribution in [3.63, 3.8) is 0 Å². The molecule has 0 radical (unpaired) electrons. The Morgan fingerprint density at radius 2 is 2.03 bits per heavy atom. The van der Waals surface area contributed by atoms with Crippen LogP contribution in [-0.2, 0) is 13.6 Å². The minimum Gasteiger partial charge on any atom is -0.352 e. The van der Waals surface area contributed by atoms with Crippen LogP contribution in [0.3, 0.4) is 0 Å². The minimum absolute atomic E-state index is 0.103. The summed E-state index contributed by atoms with van der Waals surface area (Å²) in [6.45, 7) is 5.32. The maximum Gasteiger partial charge on any atom is 0.252 e. The number of benzene rings is 1. The van der Waals surface area contributed by atoms with Crippen LogP contribution in [0.4, 0.5) is 0 Å². The fourth-order valence-corrected chi connectivity index (χ4v) is 3.77. The van der Waals surface area contributed by atoms with Gasteiger partial charge in [-0.05, 0) is 48.3 Å². The lowest BCUT2D eigenvalue weighted by molar-refractivity contribution is 0.0954. The van der Waals surface area contributed by atoms with Crippen LogP contribution in [0.25, 0.3) is 22.2 Å². The summed E-state index contributed by atoms with van der Waals surface area (Å²) in [4.78, 5) is 17.7. The molecule has 0 saturated carbocycles. The van der Waals surface area contributed by atoms with Crippen molar-refractivity contribution < 1.29 is 4.79 Å². The molecule has 0 aliphatic rings. The molecule has 0 aliphatic heterocycles. The number of nitrogens with zero attached hydrogens (tertiary/aromatic N) is 5. The molecular weight excluding hydrogens is 444 g/mol. The van der Waals surface area contributed by atoms with Gasteiger partial charge in [-0.2, -0.15) is 10.2 Å². The highest BCUT2D eigenvalue weighted by Gasteiger charge is 2.15. The normalized spacial score (nSPS) is 11.2. The minimum atomic E-state index is -0.103. The van der Waals surface area contributed by atoms with Gasteiger partial charge in [-0.3, -0.25) is 14.2 Å². The number of aryl methyl sites for hydroxylation is 3. The standard InChI is InChI=1S/C22H23BrN6O/c1-14-21(23)15(2)29(27-14)10-6-9-24-22(30)18-11-20(16-12-25-28(3)13-16)26-19-8-5-4-7-17(18)19/h4-5,7-8,11-13H,6,9-10H2,1-3H3,(H,24,30). The lowest BCUT2D eigenvalue weighted by Gasteiger charge is -2.10. The smallest absolute Gasteiger partial charge is 0.252 e. The van der Waals surface area contributed by atoms with E-state index in [2.05, 4.69) is 31.4 Å². The lowest BCUT2D eigenvalue weighted by atomic mass is 10.0. The molecule has 0 atom stereocenters. The van der Waals surface area contributed by atoms with E-state index < -0.39 is 0 Å². The Labute approximate surface area is 183 Å². The van der Waals surface area contributed by atoms with E-state index in [0.29, 0.717) is 12.1 Å². The average Bonchev–Trinajstić information content (AvgIpc) is 3.29. The van der Waals surface area contributed by atoms with Crippen LogP contribution < -0.4 is 5.32 Å². The van der Waals surface area contributed by atoms with Gasteiger partial charge in [0.1, 0.15) is 0 Å². The third-order valence-electron chi connectivity index (χ3n) is 5.09. The Balaban J connectivity index is 1.51. The summed E-state index contributed by atoms with van der Waals surface area (Å²) < 4.78 is 4.73. The van der Waals surface area contributed by atoms with Crippen LogP contribution in [0.2, 0.25) is 0 Å². The Morgan fingerprint density at radius 1 is 1.23 bits per heavy atom. The molecule has 4 aromatic rings. The molecule has 0 unspecified atom stereocenters. The fourth-order valence-electron chi connectivity index (χ4n) is 3.48. The Bertz CT molecular complexity index is 1230. The number of rotatable bonds is 6. The van der Waals surface area contributed by atoms with Gasteiger partial charge in [0.15, 0.2) is 0 Å². The number of halogens is 1. The number of fused-ring (bicyclic) bond motifs is 1. The lowest BCUT2D eigenvalue weighted by Crippen LogP contribution is -2.26. The van der Waals surface area contributed by atoms with E-state index in [1.54, 1.807) is 10.9 Å². The molecule has 1 N–H and O–H groups in total. The van der Waals surface area contributed by atoms with Crippen LogP contribution in [-0.4, -0.2) is 37.0 Å². The van der Waals surface area contributed by atoms with Gasteiger partial charge >= 0.3 is 0 Å². The third-order valence-corrected chi connectivity index (χ3v) is 6.23. The quantitative estimate of drug-likeness (QED) is 0.435. The van der Waals surface area contributed by atoms with Crippen LogP contribution in [0.15, 0.2) is 47.2 Å². The molecule has 7 nitrogen and oxygen atoms in total. The van der Waals surface area contributed by atoms with Crippen molar-refractivity contribution in [3.05, 3.63) is 64.1 Å². The van der Waals surface area contributed by atoms with Gasteiger partial charge in [-0.25, -0.2) is 4.98 Å². The van der Waals surface area contributed by atoms with Crippen LogP contribution in [0.5, 0.6) is 0 Å². The summed E-state index contributed by atoms with van der Waals surface area (Å²) >= 11 is 3.55. The van der Waals surface area contributed by atoms with Gasteiger partial charge in [-0.15, -0.1) is 0 Å². The first-order valence-corrected chi connectivity index (χ1v) is 10.6. The summed E-state index contributed by atoms with van der Waals surface area (Å²) in [6.07, 6.45) is 4.44. The summed E-state index contributed by atoms with van der Waals surface area (Å²) in [6, 6.07) is 9.54. The molecule has 8 heteroatoms. The number of hydrogen-bond donors (Lipinski definition) is 1. The molecular formula is C22H23BrN6O. The molecule has 4 rings (SSSR count). The number of carbonyl (C=O) groups is 1. The van der Waals surface area contributed by atoms with Crippen LogP contribution in [0, 0.1) is 13.8 Å². The topological polar surface area (TPSA) is 77.6 Å². The monoisotopic (exact) mass is 466 g/mol. The van der Waals surface area contributed by atoms with Gasteiger partial charge in [0.05, 0.1) is 33.1 Å². The van der Waals surface area contributed by atoms with Crippen molar-refractivity contribution in [1.82, 2.24) is 29.9 Å². The Hall–Kier alpha value is -3.00. The SMILES string of the molecule is Cc1nn(CCCNC(=O)c2cc(-c3cnn(C)c3)nc3ccccc23)c(C)c1Br. The second-order valence-corrected chi connectivity index (χ2v) is 8.09. The average molecular weight is 467 g/mol. The van der Waals surface area contributed by atoms with E-state index in [1.165, 1.54) is 0 Å². The molecule has 0 bridgehead atoms. The predicted molar refractivity (Wildman–Crippen MR) is 120 cm³/mol. The number of aromatic nitrogens is 5. The molecule has 0 fully saturated rings.